The molecular weight excluding hydrogens is 238 g/mol. The van der Waals surface area contributed by atoms with E-state index in [0.29, 0.717) is 6.04 Å². The van der Waals surface area contributed by atoms with Gasteiger partial charge >= 0.3 is 0 Å². The summed E-state index contributed by atoms with van der Waals surface area (Å²) in [6.45, 7) is 3.28. The third-order valence-corrected chi connectivity index (χ3v) is 3.39. The average Bonchev–Trinajstić information content (AvgIpc) is 2.93. The molecule has 4 nitrogen and oxygen atoms in total. The van der Waals surface area contributed by atoms with Gasteiger partial charge in [0.2, 0.25) is 0 Å². The van der Waals surface area contributed by atoms with Gasteiger partial charge in [-0.1, -0.05) is 0 Å². The molecule has 0 radical (unpaired) electrons. The summed E-state index contributed by atoms with van der Waals surface area (Å²) in [6.07, 6.45) is 10.1. The van der Waals surface area contributed by atoms with Crippen molar-refractivity contribution >= 4 is 0 Å². The highest BCUT2D eigenvalue weighted by Gasteiger charge is 2.10. The van der Waals surface area contributed by atoms with Crippen molar-refractivity contribution in [2.45, 2.75) is 32.2 Å². The summed E-state index contributed by atoms with van der Waals surface area (Å²) in [7, 11) is 2.16. The van der Waals surface area contributed by atoms with E-state index in [-0.39, 0.29) is 0 Å². The molecule has 4 heteroatoms. The lowest BCUT2D eigenvalue weighted by atomic mass is 10.1. The van der Waals surface area contributed by atoms with Crippen molar-refractivity contribution in [1.82, 2.24) is 14.9 Å². The van der Waals surface area contributed by atoms with Crippen LogP contribution in [0.1, 0.15) is 24.8 Å². The normalized spacial score (nSPS) is 12.8. The van der Waals surface area contributed by atoms with Crippen molar-refractivity contribution in [1.29, 1.82) is 0 Å². The van der Waals surface area contributed by atoms with E-state index >= 15 is 0 Å². The van der Waals surface area contributed by atoms with E-state index < -0.39 is 0 Å². The Morgan fingerprint density at radius 2 is 2.26 bits per heavy atom. The van der Waals surface area contributed by atoms with Crippen LogP contribution < -0.4 is 0 Å². The second kappa shape index (κ2) is 7.04. The van der Waals surface area contributed by atoms with Gasteiger partial charge in [0.1, 0.15) is 5.76 Å². The Morgan fingerprint density at radius 1 is 1.37 bits per heavy atom. The van der Waals surface area contributed by atoms with Crippen molar-refractivity contribution in [3.8, 4) is 0 Å². The van der Waals surface area contributed by atoms with Gasteiger partial charge in [-0.15, -0.1) is 0 Å². The summed E-state index contributed by atoms with van der Waals surface area (Å²) >= 11 is 0. The highest BCUT2D eigenvalue weighted by Crippen LogP contribution is 2.07. The Morgan fingerprint density at radius 3 is 2.95 bits per heavy atom. The molecule has 0 saturated heterocycles. The summed E-state index contributed by atoms with van der Waals surface area (Å²) < 4.78 is 5.33. The largest absolute Gasteiger partial charge is 0.469 e. The van der Waals surface area contributed by atoms with Gasteiger partial charge in [0.25, 0.3) is 0 Å². The number of aryl methyl sites for hydroxylation is 1. The number of nitrogens with zero attached hydrogens (tertiary/aromatic N) is 3. The zero-order valence-electron chi connectivity index (χ0n) is 11.6. The van der Waals surface area contributed by atoms with Gasteiger partial charge in [0, 0.05) is 37.5 Å². The smallest absolute Gasteiger partial charge is 0.103 e. The molecule has 0 fully saturated rings. The predicted molar refractivity (Wildman–Crippen MR) is 74.9 cm³/mol. The van der Waals surface area contributed by atoms with E-state index in [4.69, 9.17) is 4.42 Å². The Hall–Kier alpha value is -1.68. The maximum Gasteiger partial charge on any atom is 0.103 e. The van der Waals surface area contributed by atoms with Gasteiger partial charge in [0.15, 0.2) is 0 Å². The van der Waals surface area contributed by atoms with Gasteiger partial charge in [-0.2, -0.15) is 0 Å². The first-order chi connectivity index (χ1) is 9.25. The van der Waals surface area contributed by atoms with Gasteiger partial charge < -0.3 is 9.32 Å². The fourth-order valence-electron chi connectivity index (χ4n) is 2.07. The third kappa shape index (κ3) is 4.48. The Balaban J connectivity index is 1.71. The number of aromatic nitrogens is 2. The molecule has 2 aromatic heterocycles. The van der Waals surface area contributed by atoms with Gasteiger partial charge in [-0.25, -0.2) is 0 Å². The zero-order valence-corrected chi connectivity index (χ0v) is 11.6. The lowest BCUT2D eigenvalue weighted by molar-refractivity contribution is 0.250. The second-order valence-corrected chi connectivity index (χ2v) is 4.91. The molecule has 0 aliphatic rings. The van der Waals surface area contributed by atoms with Crippen molar-refractivity contribution < 1.29 is 4.42 Å². The first kappa shape index (κ1) is 13.7. The molecule has 2 rings (SSSR count). The molecule has 0 unspecified atom stereocenters. The van der Waals surface area contributed by atoms with E-state index in [1.54, 1.807) is 18.7 Å². The number of hydrogen-bond donors (Lipinski definition) is 0. The highest BCUT2D eigenvalue weighted by atomic mass is 16.3. The van der Waals surface area contributed by atoms with Crippen LogP contribution in [-0.4, -0.2) is 34.5 Å². The van der Waals surface area contributed by atoms with E-state index in [2.05, 4.69) is 28.8 Å². The van der Waals surface area contributed by atoms with Crippen LogP contribution in [-0.2, 0) is 12.8 Å². The van der Waals surface area contributed by atoms with Crippen molar-refractivity contribution in [3.63, 3.8) is 0 Å². The molecule has 0 aliphatic heterocycles. The Labute approximate surface area is 114 Å². The molecule has 0 bridgehead atoms. The van der Waals surface area contributed by atoms with Crippen LogP contribution >= 0.6 is 0 Å². The van der Waals surface area contributed by atoms with Crippen LogP contribution in [0.5, 0.6) is 0 Å². The highest BCUT2D eigenvalue weighted by molar-refractivity contribution is 4.99. The molecule has 2 heterocycles. The predicted octanol–water partition coefficient (Wildman–Crippen LogP) is 2.57. The van der Waals surface area contributed by atoms with Crippen LogP contribution in [0.25, 0.3) is 0 Å². The molecule has 0 amide bonds. The quantitative estimate of drug-likeness (QED) is 0.766. The van der Waals surface area contributed by atoms with E-state index in [1.165, 1.54) is 0 Å². The fourth-order valence-corrected chi connectivity index (χ4v) is 2.07. The van der Waals surface area contributed by atoms with Crippen LogP contribution in [0.2, 0.25) is 0 Å². The summed E-state index contributed by atoms with van der Waals surface area (Å²) in [6, 6.07) is 4.44. The van der Waals surface area contributed by atoms with Crippen molar-refractivity contribution in [2.24, 2.45) is 0 Å². The molecule has 102 valence electrons. The zero-order chi connectivity index (χ0) is 13.5. The first-order valence-electron chi connectivity index (χ1n) is 6.73. The van der Waals surface area contributed by atoms with Gasteiger partial charge in [-0.05, 0) is 39.1 Å². The molecule has 0 N–H and O–H groups in total. The monoisotopic (exact) mass is 259 g/mol. The number of likely N-dealkylation sites (N-methyl/N-ethyl adjacent to an activating group) is 1. The summed E-state index contributed by atoms with van der Waals surface area (Å²) in [4.78, 5) is 10.8. The van der Waals surface area contributed by atoms with Crippen LogP contribution in [0.4, 0.5) is 0 Å². The van der Waals surface area contributed by atoms with Gasteiger partial charge in [-0.3, -0.25) is 9.97 Å². The Bertz CT molecular complexity index is 456. The van der Waals surface area contributed by atoms with Gasteiger partial charge in [0.05, 0.1) is 12.0 Å². The summed E-state index contributed by atoms with van der Waals surface area (Å²) in [5.74, 6) is 1.06. The van der Waals surface area contributed by atoms with E-state index in [1.807, 2.05) is 18.3 Å². The van der Waals surface area contributed by atoms with Crippen LogP contribution in [0.3, 0.4) is 0 Å². The Kier molecular flexibility index (Phi) is 5.10. The molecule has 0 aliphatic carbocycles. The minimum absolute atomic E-state index is 0.466. The molecule has 2 aromatic rings. The third-order valence-electron chi connectivity index (χ3n) is 3.39. The number of rotatable bonds is 7. The lowest BCUT2D eigenvalue weighted by Gasteiger charge is -2.24. The minimum Gasteiger partial charge on any atom is -0.469 e. The summed E-state index contributed by atoms with van der Waals surface area (Å²) in [5.41, 5.74) is 1.05. The number of furan rings is 1. The maximum atomic E-state index is 5.33. The summed E-state index contributed by atoms with van der Waals surface area (Å²) in [5, 5.41) is 0. The topological polar surface area (TPSA) is 42.2 Å². The maximum absolute atomic E-state index is 5.33. The number of hydrogen-bond acceptors (Lipinski definition) is 4. The van der Waals surface area contributed by atoms with Crippen LogP contribution in [0, 0.1) is 0 Å². The van der Waals surface area contributed by atoms with Crippen molar-refractivity contribution in [3.05, 3.63) is 48.4 Å². The lowest BCUT2D eigenvalue weighted by Crippen LogP contribution is -2.32. The molecule has 0 spiro atoms. The SMILES string of the molecule is C[C@H](Cc1cnccn1)N(C)CCCc1ccco1. The first-order valence-corrected chi connectivity index (χ1v) is 6.73. The molecule has 0 saturated carbocycles. The second-order valence-electron chi connectivity index (χ2n) is 4.91. The van der Waals surface area contributed by atoms with E-state index in [0.717, 1.165) is 37.3 Å². The molecular formula is C15H21N3O. The van der Waals surface area contributed by atoms with E-state index in [9.17, 15) is 0 Å². The minimum atomic E-state index is 0.466. The standard InChI is InChI=1S/C15H21N3O/c1-13(11-14-12-16-7-8-17-14)18(2)9-3-5-15-6-4-10-19-15/h4,6-8,10,12-13H,3,5,9,11H2,1-2H3/t13-/m1/s1. The van der Waals surface area contributed by atoms with Crippen molar-refractivity contribution in [2.75, 3.05) is 13.6 Å². The van der Waals surface area contributed by atoms with Crippen LogP contribution in [0.15, 0.2) is 41.4 Å². The fraction of sp³-hybridized carbons (Fsp3) is 0.467. The average molecular weight is 259 g/mol. The molecule has 1 atom stereocenters. The molecule has 19 heavy (non-hydrogen) atoms. The molecule has 0 aromatic carbocycles.